The van der Waals surface area contributed by atoms with Crippen molar-refractivity contribution in [2.75, 3.05) is 19.8 Å². The number of benzene rings is 2. The fourth-order valence-electron chi connectivity index (χ4n) is 2.69. The fraction of sp³-hybridized carbons (Fsp3) is 0.350. The third-order valence-electron chi connectivity index (χ3n) is 4.10. The Balaban J connectivity index is 2.15. The molecule has 0 atom stereocenters. The van der Waals surface area contributed by atoms with E-state index in [1.54, 1.807) is 13.8 Å². The van der Waals surface area contributed by atoms with Crippen LogP contribution < -0.4 is 10.1 Å². The Kier molecular flexibility index (Phi) is 8.85. The van der Waals surface area contributed by atoms with Crippen molar-refractivity contribution in [2.24, 2.45) is 0 Å². The number of nitrogens with zero attached hydrogens (tertiary/aromatic N) is 2. The average Bonchev–Trinajstić information content (AvgIpc) is 2.76. The molecule has 0 aromatic heterocycles. The highest BCUT2D eigenvalue weighted by molar-refractivity contribution is 5.99. The van der Waals surface area contributed by atoms with Crippen LogP contribution in [0, 0.1) is 20.2 Å². The van der Waals surface area contributed by atoms with Crippen LogP contribution >= 0.6 is 0 Å². The number of ether oxygens (including phenoxy) is 3. The number of carbonyl (C=O) groups is 1. The molecule has 0 saturated heterocycles. The normalized spacial score (nSPS) is 10.7. The van der Waals surface area contributed by atoms with Gasteiger partial charge in [-0.2, -0.15) is 0 Å². The monoisotopic (exact) mass is 433 g/mol. The summed E-state index contributed by atoms with van der Waals surface area (Å²) in [5, 5.41) is 24.9. The second-order valence-electron chi connectivity index (χ2n) is 6.17. The van der Waals surface area contributed by atoms with Crippen molar-refractivity contribution in [1.29, 1.82) is 0 Å². The van der Waals surface area contributed by atoms with Gasteiger partial charge in [0, 0.05) is 25.3 Å². The third kappa shape index (κ3) is 6.73. The standard InChI is InChI=1S/C20H23N3O8/c1-3-29-18(30-4-2)12-21-20(24)16-6-5-7-17(19(16)23(27)28)31-13-14-8-10-15(11-9-14)22(25)26/h5-11,18H,3-4,12-13H2,1-2H3,(H,21,24). The molecule has 0 heterocycles. The van der Waals surface area contributed by atoms with E-state index in [0.717, 1.165) is 0 Å². The number of rotatable bonds is 12. The van der Waals surface area contributed by atoms with Crippen LogP contribution in [0.1, 0.15) is 29.8 Å². The number of nitrogens with one attached hydrogen (secondary N) is 1. The molecule has 0 spiro atoms. The number of nitro benzene ring substituents is 2. The van der Waals surface area contributed by atoms with Crippen LogP contribution in [0.15, 0.2) is 42.5 Å². The van der Waals surface area contributed by atoms with Gasteiger partial charge in [0.1, 0.15) is 12.2 Å². The van der Waals surface area contributed by atoms with Crippen LogP contribution in [0.5, 0.6) is 5.75 Å². The molecule has 31 heavy (non-hydrogen) atoms. The Hall–Kier alpha value is -3.57. The highest BCUT2D eigenvalue weighted by Crippen LogP contribution is 2.31. The molecule has 0 aliphatic carbocycles. The third-order valence-corrected chi connectivity index (χ3v) is 4.10. The van der Waals surface area contributed by atoms with Crippen LogP contribution in [0.4, 0.5) is 11.4 Å². The van der Waals surface area contributed by atoms with Gasteiger partial charge in [-0.1, -0.05) is 6.07 Å². The molecule has 166 valence electrons. The van der Waals surface area contributed by atoms with Gasteiger partial charge < -0.3 is 19.5 Å². The van der Waals surface area contributed by atoms with Crippen molar-refractivity contribution in [1.82, 2.24) is 5.32 Å². The molecular formula is C20H23N3O8. The summed E-state index contributed by atoms with van der Waals surface area (Å²) in [6.07, 6.45) is -0.667. The van der Waals surface area contributed by atoms with Crippen LogP contribution in [0.2, 0.25) is 0 Å². The van der Waals surface area contributed by atoms with Gasteiger partial charge in [0.15, 0.2) is 12.0 Å². The number of nitro groups is 2. The molecule has 1 amide bonds. The van der Waals surface area contributed by atoms with Gasteiger partial charge >= 0.3 is 5.69 Å². The zero-order chi connectivity index (χ0) is 22.8. The molecule has 0 bridgehead atoms. The first kappa shape index (κ1) is 23.7. The molecule has 11 nitrogen and oxygen atoms in total. The number of carbonyl (C=O) groups excluding carboxylic acids is 1. The maximum Gasteiger partial charge on any atom is 0.323 e. The lowest BCUT2D eigenvalue weighted by molar-refractivity contribution is -0.386. The minimum absolute atomic E-state index is 0.0194. The molecule has 2 aromatic rings. The topological polar surface area (TPSA) is 143 Å². The summed E-state index contributed by atoms with van der Waals surface area (Å²) in [5.41, 5.74) is -0.152. The predicted molar refractivity (Wildman–Crippen MR) is 110 cm³/mol. The second kappa shape index (κ2) is 11.6. The van der Waals surface area contributed by atoms with Crippen molar-refractivity contribution in [2.45, 2.75) is 26.7 Å². The second-order valence-corrected chi connectivity index (χ2v) is 6.17. The van der Waals surface area contributed by atoms with E-state index in [1.165, 1.54) is 42.5 Å². The lowest BCUT2D eigenvalue weighted by atomic mass is 10.1. The maximum absolute atomic E-state index is 12.6. The van der Waals surface area contributed by atoms with Gasteiger partial charge in [-0.05, 0) is 43.7 Å². The summed E-state index contributed by atoms with van der Waals surface area (Å²) in [6.45, 7) is 4.28. The van der Waals surface area contributed by atoms with Crippen molar-refractivity contribution in [3.8, 4) is 5.75 Å². The van der Waals surface area contributed by atoms with E-state index in [4.69, 9.17) is 14.2 Å². The number of para-hydroxylation sites is 1. The number of amides is 1. The molecule has 11 heteroatoms. The first-order valence-corrected chi connectivity index (χ1v) is 9.52. The number of hydrogen-bond donors (Lipinski definition) is 1. The molecule has 0 aliphatic rings. The maximum atomic E-state index is 12.6. The van der Waals surface area contributed by atoms with Crippen LogP contribution in [0.3, 0.4) is 0 Å². The van der Waals surface area contributed by atoms with E-state index in [2.05, 4.69) is 5.32 Å². The first-order chi connectivity index (χ1) is 14.9. The molecule has 0 saturated carbocycles. The van der Waals surface area contributed by atoms with Gasteiger partial charge in [-0.25, -0.2) is 0 Å². The highest BCUT2D eigenvalue weighted by Gasteiger charge is 2.26. The van der Waals surface area contributed by atoms with Gasteiger partial charge in [0.05, 0.1) is 16.4 Å². The Bertz CT molecular complexity index is 911. The number of hydrogen-bond acceptors (Lipinski definition) is 8. The van der Waals surface area contributed by atoms with Crippen molar-refractivity contribution < 1.29 is 28.9 Å². The predicted octanol–water partition coefficient (Wildman–Crippen LogP) is 3.21. The van der Waals surface area contributed by atoms with Crippen molar-refractivity contribution in [3.05, 3.63) is 73.8 Å². The molecule has 0 aliphatic heterocycles. The molecular weight excluding hydrogens is 410 g/mol. The largest absolute Gasteiger partial charge is 0.482 e. The summed E-state index contributed by atoms with van der Waals surface area (Å²) in [4.78, 5) is 33.7. The van der Waals surface area contributed by atoms with Crippen LogP contribution in [-0.2, 0) is 16.1 Å². The van der Waals surface area contributed by atoms with E-state index in [1.807, 2.05) is 0 Å². The van der Waals surface area contributed by atoms with Crippen molar-refractivity contribution in [3.63, 3.8) is 0 Å². The Morgan fingerprint density at radius 2 is 1.65 bits per heavy atom. The summed E-state index contributed by atoms with van der Waals surface area (Å²) in [6, 6.07) is 9.76. The van der Waals surface area contributed by atoms with Crippen LogP contribution in [0.25, 0.3) is 0 Å². The van der Waals surface area contributed by atoms with Crippen LogP contribution in [-0.4, -0.2) is 41.8 Å². The SMILES string of the molecule is CCOC(CNC(=O)c1cccc(OCc2ccc([N+](=O)[O-])cc2)c1[N+](=O)[O-])OCC. The van der Waals surface area contributed by atoms with Gasteiger partial charge in [0.25, 0.3) is 11.6 Å². The summed E-state index contributed by atoms with van der Waals surface area (Å²) in [7, 11) is 0. The molecule has 0 fully saturated rings. The molecule has 0 unspecified atom stereocenters. The summed E-state index contributed by atoms with van der Waals surface area (Å²) in [5.74, 6) is -0.765. The quantitative estimate of drug-likeness (QED) is 0.305. The zero-order valence-electron chi connectivity index (χ0n) is 17.1. The Labute approximate surface area is 178 Å². The summed E-state index contributed by atoms with van der Waals surface area (Å²) >= 11 is 0. The van der Waals surface area contributed by atoms with E-state index in [0.29, 0.717) is 18.8 Å². The van der Waals surface area contributed by atoms with Gasteiger partial charge in [0.2, 0.25) is 0 Å². The first-order valence-electron chi connectivity index (χ1n) is 9.52. The lowest BCUT2D eigenvalue weighted by Gasteiger charge is -2.17. The van der Waals surface area contributed by atoms with E-state index in [9.17, 15) is 25.0 Å². The molecule has 2 rings (SSSR count). The smallest absolute Gasteiger partial charge is 0.323 e. The zero-order valence-corrected chi connectivity index (χ0v) is 17.1. The van der Waals surface area contributed by atoms with E-state index < -0.39 is 27.7 Å². The molecule has 1 N–H and O–H groups in total. The Morgan fingerprint density at radius 1 is 1.00 bits per heavy atom. The fourth-order valence-corrected chi connectivity index (χ4v) is 2.69. The van der Waals surface area contributed by atoms with Gasteiger partial charge in [-0.3, -0.25) is 25.0 Å². The van der Waals surface area contributed by atoms with E-state index >= 15 is 0 Å². The minimum atomic E-state index is -0.692. The molecule has 2 aromatic carbocycles. The summed E-state index contributed by atoms with van der Waals surface area (Å²) < 4.78 is 16.2. The molecule has 0 radical (unpaired) electrons. The van der Waals surface area contributed by atoms with Gasteiger partial charge in [-0.15, -0.1) is 0 Å². The van der Waals surface area contributed by atoms with E-state index in [-0.39, 0.29) is 30.2 Å². The highest BCUT2D eigenvalue weighted by atomic mass is 16.7. The Morgan fingerprint density at radius 3 is 2.19 bits per heavy atom. The number of non-ortho nitro benzene ring substituents is 1. The van der Waals surface area contributed by atoms with Crippen molar-refractivity contribution >= 4 is 17.3 Å². The lowest BCUT2D eigenvalue weighted by Crippen LogP contribution is -2.35. The average molecular weight is 433 g/mol. The minimum Gasteiger partial charge on any atom is -0.482 e.